The minimum atomic E-state index is 0.676. The van der Waals surface area contributed by atoms with Crippen molar-refractivity contribution in [3.63, 3.8) is 0 Å². The fourth-order valence-electron chi connectivity index (χ4n) is 1.10. The molecule has 0 saturated heterocycles. The van der Waals surface area contributed by atoms with Gasteiger partial charge in [-0.15, -0.1) is 0 Å². The van der Waals surface area contributed by atoms with Crippen molar-refractivity contribution in [3.05, 3.63) is 28.8 Å². The lowest BCUT2D eigenvalue weighted by molar-refractivity contribution is 0.172. The first kappa shape index (κ1) is 11.3. The predicted molar refractivity (Wildman–Crippen MR) is 58.2 cm³/mol. The minimum absolute atomic E-state index is 0.676. The van der Waals surface area contributed by atoms with Crippen LogP contribution in [0, 0.1) is 6.92 Å². The summed E-state index contributed by atoms with van der Waals surface area (Å²) in [6, 6.07) is 5.67. The van der Waals surface area contributed by atoms with Gasteiger partial charge >= 0.3 is 0 Å². The van der Waals surface area contributed by atoms with Crippen molar-refractivity contribution in [2.45, 2.75) is 13.3 Å². The van der Waals surface area contributed by atoms with Gasteiger partial charge in [0.05, 0.1) is 6.61 Å². The molecule has 14 heavy (non-hydrogen) atoms. The van der Waals surface area contributed by atoms with E-state index >= 15 is 0 Å². The van der Waals surface area contributed by atoms with Gasteiger partial charge in [0.15, 0.2) is 0 Å². The molecule has 0 heterocycles. The Balaban J connectivity index is 2.39. The molecule has 0 aliphatic rings. The van der Waals surface area contributed by atoms with Crippen LogP contribution in [-0.2, 0) is 4.74 Å². The Morgan fingerprint density at radius 3 is 2.71 bits per heavy atom. The highest BCUT2D eigenvalue weighted by Crippen LogP contribution is 2.20. The summed E-state index contributed by atoms with van der Waals surface area (Å²) in [4.78, 5) is 0. The van der Waals surface area contributed by atoms with Crippen LogP contribution >= 0.6 is 11.6 Å². The minimum Gasteiger partial charge on any atom is -0.493 e. The van der Waals surface area contributed by atoms with Crippen LogP contribution < -0.4 is 4.74 Å². The largest absolute Gasteiger partial charge is 0.493 e. The summed E-state index contributed by atoms with van der Waals surface area (Å²) in [6.07, 6.45) is 0.901. The maximum atomic E-state index is 5.89. The first-order valence-electron chi connectivity index (χ1n) is 4.62. The maximum absolute atomic E-state index is 5.89. The second-order valence-electron chi connectivity index (χ2n) is 3.11. The standard InChI is InChI=1S/C11H15ClO2/c1-9-8-10(4-5-11(9)12)14-7-3-6-13-2/h4-5,8H,3,6-7H2,1-2H3. The number of aryl methyl sites for hydroxylation is 1. The van der Waals surface area contributed by atoms with Crippen molar-refractivity contribution in [2.75, 3.05) is 20.3 Å². The number of hydrogen-bond donors (Lipinski definition) is 0. The molecule has 78 valence electrons. The number of hydrogen-bond acceptors (Lipinski definition) is 2. The van der Waals surface area contributed by atoms with E-state index < -0.39 is 0 Å². The predicted octanol–water partition coefficient (Wildman–Crippen LogP) is 3.06. The van der Waals surface area contributed by atoms with Crippen molar-refractivity contribution in [2.24, 2.45) is 0 Å². The van der Waals surface area contributed by atoms with E-state index in [2.05, 4.69) is 0 Å². The fourth-order valence-corrected chi connectivity index (χ4v) is 1.22. The third-order valence-electron chi connectivity index (χ3n) is 1.89. The van der Waals surface area contributed by atoms with E-state index in [0.717, 1.165) is 29.4 Å². The molecular weight excluding hydrogens is 200 g/mol. The molecule has 1 aromatic carbocycles. The van der Waals surface area contributed by atoms with E-state index in [1.165, 1.54) is 0 Å². The highest BCUT2D eigenvalue weighted by atomic mass is 35.5. The molecule has 0 aliphatic carbocycles. The Kier molecular flexibility index (Phi) is 4.77. The van der Waals surface area contributed by atoms with Crippen molar-refractivity contribution < 1.29 is 9.47 Å². The summed E-state index contributed by atoms with van der Waals surface area (Å²) in [5, 5.41) is 0.772. The first-order valence-corrected chi connectivity index (χ1v) is 4.99. The zero-order chi connectivity index (χ0) is 10.4. The molecule has 0 aliphatic heterocycles. The third-order valence-corrected chi connectivity index (χ3v) is 2.32. The van der Waals surface area contributed by atoms with Crippen LogP contribution in [0.2, 0.25) is 5.02 Å². The van der Waals surface area contributed by atoms with Gasteiger partial charge < -0.3 is 9.47 Å². The molecule has 1 aromatic rings. The Labute approximate surface area is 89.8 Å². The molecule has 0 unspecified atom stereocenters. The van der Waals surface area contributed by atoms with Crippen LogP contribution in [-0.4, -0.2) is 20.3 Å². The van der Waals surface area contributed by atoms with E-state index in [1.54, 1.807) is 7.11 Å². The normalized spacial score (nSPS) is 10.2. The Morgan fingerprint density at radius 2 is 2.07 bits per heavy atom. The van der Waals surface area contributed by atoms with Gasteiger partial charge in [0.2, 0.25) is 0 Å². The van der Waals surface area contributed by atoms with Crippen LogP contribution in [0.4, 0.5) is 0 Å². The van der Waals surface area contributed by atoms with E-state index in [0.29, 0.717) is 6.61 Å². The maximum Gasteiger partial charge on any atom is 0.119 e. The highest BCUT2D eigenvalue weighted by molar-refractivity contribution is 6.31. The summed E-state index contributed by atoms with van der Waals surface area (Å²) in [5.41, 5.74) is 1.04. The third kappa shape index (κ3) is 3.56. The summed E-state index contributed by atoms with van der Waals surface area (Å²) >= 11 is 5.89. The zero-order valence-electron chi connectivity index (χ0n) is 8.55. The van der Waals surface area contributed by atoms with E-state index in [4.69, 9.17) is 21.1 Å². The lowest BCUT2D eigenvalue weighted by atomic mass is 10.2. The van der Waals surface area contributed by atoms with Crippen molar-refractivity contribution in [3.8, 4) is 5.75 Å². The topological polar surface area (TPSA) is 18.5 Å². The van der Waals surface area contributed by atoms with Gasteiger partial charge in [-0.05, 0) is 30.7 Å². The Bertz CT molecular complexity index is 287. The van der Waals surface area contributed by atoms with Gasteiger partial charge in [-0.1, -0.05) is 11.6 Å². The molecule has 1 rings (SSSR count). The van der Waals surface area contributed by atoms with Crippen LogP contribution in [0.25, 0.3) is 0 Å². The monoisotopic (exact) mass is 214 g/mol. The second-order valence-corrected chi connectivity index (χ2v) is 3.51. The van der Waals surface area contributed by atoms with Crippen LogP contribution in [0.1, 0.15) is 12.0 Å². The number of ether oxygens (including phenoxy) is 2. The molecule has 0 aromatic heterocycles. The van der Waals surface area contributed by atoms with E-state index in [-0.39, 0.29) is 0 Å². The van der Waals surface area contributed by atoms with Crippen LogP contribution in [0.5, 0.6) is 5.75 Å². The van der Waals surface area contributed by atoms with E-state index in [9.17, 15) is 0 Å². The van der Waals surface area contributed by atoms with E-state index in [1.807, 2.05) is 25.1 Å². The molecule has 0 radical (unpaired) electrons. The van der Waals surface area contributed by atoms with Crippen molar-refractivity contribution >= 4 is 11.6 Å². The lowest BCUT2D eigenvalue weighted by Gasteiger charge is -2.07. The number of halogens is 1. The quantitative estimate of drug-likeness (QED) is 0.702. The molecule has 0 spiro atoms. The van der Waals surface area contributed by atoms with Crippen molar-refractivity contribution in [1.29, 1.82) is 0 Å². The number of methoxy groups -OCH3 is 1. The fraction of sp³-hybridized carbons (Fsp3) is 0.455. The molecule has 0 bridgehead atoms. The Hall–Kier alpha value is -0.730. The summed E-state index contributed by atoms with van der Waals surface area (Å²) in [5.74, 6) is 0.864. The molecule has 0 saturated carbocycles. The van der Waals surface area contributed by atoms with Crippen LogP contribution in [0.15, 0.2) is 18.2 Å². The number of benzene rings is 1. The molecular formula is C11H15ClO2. The summed E-state index contributed by atoms with van der Waals surface area (Å²) in [7, 11) is 1.69. The van der Waals surface area contributed by atoms with Gasteiger partial charge in [0.1, 0.15) is 5.75 Å². The highest BCUT2D eigenvalue weighted by Gasteiger charge is 1.97. The van der Waals surface area contributed by atoms with Gasteiger partial charge in [-0.3, -0.25) is 0 Å². The molecule has 0 amide bonds. The van der Waals surface area contributed by atoms with Crippen LogP contribution in [0.3, 0.4) is 0 Å². The SMILES string of the molecule is COCCCOc1ccc(Cl)c(C)c1. The van der Waals surface area contributed by atoms with Crippen molar-refractivity contribution in [1.82, 2.24) is 0 Å². The molecule has 0 atom stereocenters. The average molecular weight is 215 g/mol. The smallest absolute Gasteiger partial charge is 0.119 e. The van der Waals surface area contributed by atoms with Gasteiger partial charge in [-0.25, -0.2) is 0 Å². The van der Waals surface area contributed by atoms with Gasteiger partial charge in [-0.2, -0.15) is 0 Å². The zero-order valence-corrected chi connectivity index (χ0v) is 9.30. The molecule has 0 fully saturated rings. The van der Waals surface area contributed by atoms with Gasteiger partial charge in [0, 0.05) is 25.2 Å². The summed E-state index contributed by atoms with van der Waals surface area (Å²) in [6.45, 7) is 3.37. The first-order chi connectivity index (χ1) is 6.74. The molecule has 2 nitrogen and oxygen atoms in total. The molecule has 0 N–H and O–H groups in total. The number of rotatable bonds is 5. The molecule has 3 heteroatoms. The lowest BCUT2D eigenvalue weighted by Crippen LogP contribution is -2.01. The summed E-state index contributed by atoms with van der Waals surface area (Å²) < 4.78 is 10.4. The van der Waals surface area contributed by atoms with Gasteiger partial charge in [0.25, 0.3) is 0 Å². The Morgan fingerprint density at radius 1 is 1.29 bits per heavy atom. The average Bonchev–Trinajstić information content (AvgIpc) is 2.18. The second kappa shape index (κ2) is 5.89.